The van der Waals surface area contributed by atoms with Gasteiger partial charge in [-0.1, -0.05) is 13.0 Å². The van der Waals surface area contributed by atoms with Gasteiger partial charge >= 0.3 is 0 Å². The molecule has 8 heteroatoms. The zero-order valence-corrected chi connectivity index (χ0v) is 16.8. The number of nitrogens with zero attached hydrogens (tertiary/aromatic N) is 2. The van der Waals surface area contributed by atoms with Crippen molar-refractivity contribution in [3.05, 3.63) is 51.5 Å². The zero-order valence-electron chi connectivity index (χ0n) is 16.0. The highest BCUT2D eigenvalue weighted by molar-refractivity contribution is 7.12. The molecule has 1 aromatic heterocycles. The number of fused-ring (bicyclic) bond motifs is 1. The van der Waals surface area contributed by atoms with Crippen molar-refractivity contribution in [2.24, 2.45) is 0 Å². The third-order valence-electron chi connectivity index (χ3n) is 5.42. The maximum absolute atomic E-state index is 14.1. The molecule has 1 fully saturated rings. The number of ketones is 1. The number of piperazine rings is 1. The zero-order chi connectivity index (χ0) is 20.5. The Morgan fingerprint density at radius 1 is 1.17 bits per heavy atom. The molecule has 1 aliphatic heterocycles. The molecular formula is C21H21FN2O4S. The summed E-state index contributed by atoms with van der Waals surface area (Å²) in [6.07, 6.45) is 0.251. The van der Waals surface area contributed by atoms with Crippen molar-refractivity contribution >= 4 is 28.9 Å². The van der Waals surface area contributed by atoms with Gasteiger partial charge in [-0.15, -0.1) is 11.3 Å². The lowest BCUT2D eigenvalue weighted by atomic mass is 10.0. The molecule has 1 saturated heterocycles. The molecule has 0 unspecified atom stereocenters. The van der Waals surface area contributed by atoms with E-state index in [1.807, 2.05) is 11.4 Å². The van der Waals surface area contributed by atoms with Crippen LogP contribution in [0.5, 0.6) is 5.75 Å². The topological polar surface area (TPSA) is 66.9 Å². The van der Waals surface area contributed by atoms with Gasteiger partial charge in [0.05, 0.1) is 10.4 Å². The minimum absolute atomic E-state index is 0.0159. The van der Waals surface area contributed by atoms with Crippen LogP contribution < -0.4 is 4.74 Å². The van der Waals surface area contributed by atoms with Crippen LogP contribution in [0.25, 0.3) is 0 Å². The quantitative estimate of drug-likeness (QED) is 0.769. The average molecular weight is 416 g/mol. The second-order valence-corrected chi connectivity index (χ2v) is 8.25. The minimum Gasteiger partial charge on any atom is -0.483 e. The highest BCUT2D eigenvalue weighted by atomic mass is 32.1. The number of rotatable bonds is 4. The Balaban J connectivity index is 1.35. The van der Waals surface area contributed by atoms with Crippen LogP contribution in [0.1, 0.15) is 44.9 Å². The molecule has 6 nitrogen and oxygen atoms in total. The van der Waals surface area contributed by atoms with E-state index in [4.69, 9.17) is 4.74 Å². The number of amides is 2. The van der Waals surface area contributed by atoms with Crippen molar-refractivity contribution < 1.29 is 23.5 Å². The number of ether oxygens (including phenoxy) is 1. The SMILES string of the molecule is C[C@H]1CC(=O)c2c(OCC(=O)N3CCN(C(=O)c4cccs4)CC3)ccc(F)c21. The van der Waals surface area contributed by atoms with Gasteiger partial charge in [0.2, 0.25) is 0 Å². The van der Waals surface area contributed by atoms with E-state index in [2.05, 4.69) is 0 Å². The van der Waals surface area contributed by atoms with Gasteiger partial charge in [-0.2, -0.15) is 0 Å². The van der Waals surface area contributed by atoms with E-state index < -0.39 is 5.82 Å². The van der Waals surface area contributed by atoms with Gasteiger partial charge in [0.25, 0.3) is 11.8 Å². The van der Waals surface area contributed by atoms with Gasteiger partial charge in [-0.05, 0) is 29.5 Å². The molecule has 0 N–H and O–H groups in total. The number of carbonyl (C=O) groups is 3. The minimum atomic E-state index is -0.413. The summed E-state index contributed by atoms with van der Waals surface area (Å²) in [4.78, 5) is 41.2. The molecule has 1 aromatic carbocycles. The van der Waals surface area contributed by atoms with Crippen molar-refractivity contribution in [3.8, 4) is 5.75 Å². The summed E-state index contributed by atoms with van der Waals surface area (Å²) in [7, 11) is 0. The summed E-state index contributed by atoms with van der Waals surface area (Å²) in [5, 5.41) is 1.86. The fourth-order valence-electron chi connectivity index (χ4n) is 3.89. The van der Waals surface area contributed by atoms with Gasteiger partial charge in [-0.3, -0.25) is 14.4 Å². The summed E-state index contributed by atoms with van der Waals surface area (Å²) < 4.78 is 19.7. The Morgan fingerprint density at radius 3 is 2.59 bits per heavy atom. The maximum Gasteiger partial charge on any atom is 0.264 e. The summed E-state index contributed by atoms with van der Waals surface area (Å²) in [5.74, 6) is -0.734. The average Bonchev–Trinajstić information content (AvgIpc) is 3.36. The van der Waals surface area contributed by atoms with Crippen LogP contribution in [0.4, 0.5) is 4.39 Å². The number of Topliss-reactive ketones (excluding diaryl/α,β-unsaturated/α-hetero) is 1. The van der Waals surface area contributed by atoms with Gasteiger partial charge in [0, 0.05) is 38.2 Å². The number of benzene rings is 1. The number of thiophene rings is 1. The highest BCUT2D eigenvalue weighted by Gasteiger charge is 2.33. The predicted octanol–water partition coefficient (Wildman–Crippen LogP) is 2.94. The third kappa shape index (κ3) is 3.76. The fraction of sp³-hybridized carbons (Fsp3) is 0.381. The molecule has 2 heterocycles. The molecule has 29 heavy (non-hydrogen) atoms. The first-order valence-electron chi connectivity index (χ1n) is 9.54. The van der Waals surface area contributed by atoms with Crippen molar-refractivity contribution in [1.29, 1.82) is 0 Å². The van der Waals surface area contributed by atoms with Crippen molar-refractivity contribution in [1.82, 2.24) is 9.80 Å². The van der Waals surface area contributed by atoms with E-state index in [0.29, 0.717) is 36.6 Å². The first-order valence-corrected chi connectivity index (χ1v) is 10.4. The molecule has 0 spiro atoms. The molecule has 2 aromatic rings. The van der Waals surface area contributed by atoms with Crippen LogP contribution >= 0.6 is 11.3 Å². The third-order valence-corrected chi connectivity index (χ3v) is 6.28. The first kappa shape index (κ1) is 19.6. The van der Waals surface area contributed by atoms with Crippen molar-refractivity contribution in [2.45, 2.75) is 19.3 Å². The lowest BCUT2D eigenvalue weighted by Gasteiger charge is -2.34. The molecule has 1 atom stereocenters. The van der Waals surface area contributed by atoms with Crippen LogP contribution in [0.3, 0.4) is 0 Å². The molecule has 1 aliphatic carbocycles. The summed E-state index contributed by atoms with van der Waals surface area (Å²) >= 11 is 1.40. The molecule has 4 rings (SSSR count). The molecule has 2 aliphatic rings. The lowest BCUT2D eigenvalue weighted by molar-refractivity contribution is -0.134. The summed E-state index contributed by atoms with van der Waals surface area (Å²) in [6.45, 7) is 3.36. The Morgan fingerprint density at radius 2 is 1.90 bits per heavy atom. The van der Waals surface area contributed by atoms with Crippen LogP contribution in [0.15, 0.2) is 29.6 Å². The smallest absolute Gasteiger partial charge is 0.264 e. The van der Waals surface area contributed by atoms with E-state index in [0.717, 1.165) is 0 Å². The van der Waals surface area contributed by atoms with Gasteiger partial charge < -0.3 is 14.5 Å². The van der Waals surface area contributed by atoms with Gasteiger partial charge in [0.1, 0.15) is 11.6 Å². The summed E-state index contributed by atoms with van der Waals surface area (Å²) in [6, 6.07) is 6.33. The fourth-order valence-corrected chi connectivity index (χ4v) is 4.58. The predicted molar refractivity (Wildman–Crippen MR) is 106 cm³/mol. The molecule has 0 saturated carbocycles. The van der Waals surface area contributed by atoms with Crippen LogP contribution in [-0.4, -0.2) is 60.2 Å². The Kier molecular flexibility index (Phi) is 5.36. The molecule has 0 radical (unpaired) electrons. The largest absolute Gasteiger partial charge is 0.483 e. The van der Waals surface area contributed by atoms with Crippen molar-refractivity contribution in [3.63, 3.8) is 0 Å². The second kappa shape index (κ2) is 7.94. The summed E-state index contributed by atoms with van der Waals surface area (Å²) in [5.41, 5.74) is 0.636. The maximum atomic E-state index is 14.1. The Hall–Kier alpha value is -2.74. The number of carbonyl (C=O) groups excluding carboxylic acids is 3. The normalized spacial score (nSPS) is 18.7. The second-order valence-electron chi connectivity index (χ2n) is 7.30. The monoisotopic (exact) mass is 416 g/mol. The first-order chi connectivity index (χ1) is 14.0. The molecule has 152 valence electrons. The molecule has 2 amide bonds. The van der Waals surface area contributed by atoms with E-state index >= 15 is 0 Å². The van der Waals surface area contributed by atoms with Crippen LogP contribution in [0.2, 0.25) is 0 Å². The molecular weight excluding hydrogens is 395 g/mol. The highest BCUT2D eigenvalue weighted by Crippen LogP contribution is 2.39. The van der Waals surface area contributed by atoms with E-state index in [9.17, 15) is 18.8 Å². The van der Waals surface area contributed by atoms with Crippen molar-refractivity contribution in [2.75, 3.05) is 32.8 Å². The van der Waals surface area contributed by atoms with E-state index in [1.165, 1.54) is 23.5 Å². The lowest BCUT2D eigenvalue weighted by Crippen LogP contribution is -2.51. The Labute approximate surface area is 171 Å². The van der Waals surface area contributed by atoms with Gasteiger partial charge in [0.15, 0.2) is 12.4 Å². The molecule has 0 bridgehead atoms. The number of halogens is 1. The standard InChI is InChI=1S/C21H21FN2O4S/c1-13-11-15(25)20-16(5-4-14(22)19(13)20)28-12-18(26)23-6-8-24(9-7-23)21(27)17-3-2-10-29-17/h2-5,10,13H,6-9,11-12H2,1H3/t13-/m0/s1. The van der Waals surface area contributed by atoms with Crippen LogP contribution in [-0.2, 0) is 4.79 Å². The Bertz CT molecular complexity index is 952. The van der Waals surface area contributed by atoms with E-state index in [-0.39, 0.29) is 47.9 Å². The van der Waals surface area contributed by atoms with Crippen LogP contribution in [0, 0.1) is 5.82 Å². The van der Waals surface area contributed by atoms with E-state index in [1.54, 1.807) is 22.8 Å². The number of hydrogen-bond acceptors (Lipinski definition) is 5. The van der Waals surface area contributed by atoms with Gasteiger partial charge in [-0.25, -0.2) is 4.39 Å². The number of hydrogen-bond donors (Lipinski definition) is 0.